The zero-order chi connectivity index (χ0) is 71.8. The quantitative estimate of drug-likeness (QED) is 0.0169. The van der Waals surface area contributed by atoms with Crippen LogP contribution in [0.15, 0.2) is 109 Å². The highest BCUT2D eigenvalue weighted by Crippen LogP contribution is 2.45. The molecule has 98 heavy (non-hydrogen) atoms. The molecule has 0 aliphatic carbocycles. The van der Waals surface area contributed by atoms with E-state index in [0.717, 1.165) is 193 Å². The SMILES string of the molecule is CC/C=C\C/C=C\C/C=C\C/C=C\CCCCCCCCC(=O)OCC(COP(=O)(O)OCC(O)COP(=O)(O)OCC(COC(=O)CCCCCCC/C=C\CCCCCC)OC(=O)CCCCCCC/C=C\CCCC)OC(=O)CCCCCCC/C=C\C/C=C\C/C=C\CC. The van der Waals surface area contributed by atoms with Crippen LogP contribution in [0, 0.1) is 0 Å². The third kappa shape index (κ3) is 70.2. The van der Waals surface area contributed by atoms with Crippen molar-refractivity contribution in [2.75, 3.05) is 39.6 Å². The number of rotatable bonds is 71. The summed E-state index contributed by atoms with van der Waals surface area (Å²) in [4.78, 5) is 72.8. The van der Waals surface area contributed by atoms with Gasteiger partial charge in [0.1, 0.15) is 19.3 Å². The van der Waals surface area contributed by atoms with E-state index < -0.39 is 97.5 Å². The smallest absolute Gasteiger partial charge is 0.462 e. The molecule has 0 aromatic carbocycles. The number of phosphoric acid groups is 2. The average molecular weight is 1420 g/mol. The molecule has 19 heteroatoms. The van der Waals surface area contributed by atoms with E-state index in [0.29, 0.717) is 25.7 Å². The van der Waals surface area contributed by atoms with Crippen LogP contribution in [0.3, 0.4) is 0 Å². The molecule has 0 aromatic heterocycles. The molecular formula is C79H136O17P2. The molecule has 17 nitrogen and oxygen atoms in total. The van der Waals surface area contributed by atoms with Crippen LogP contribution in [0.5, 0.6) is 0 Å². The van der Waals surface area contributed by atoms with Gasteiger partial charge in [-0.1, -0.05) is 253 Å². The van der Waals surface area contributed by atoms with E-state index >= 15 is 0 Å². The molecule has 5 atom stereocenters. The highest BCUT2D eigenvalue weighted by molar-refractivity contribution is 7.47. The summed E-state index contributed by atoms with van der Waals surface area (Å²) in [6, 6.07) is 0. The van der Waals surface area contributed by atoms with Crippen LogP contribution in [0.4, 0.5) is 0 Å². The first-order chi connectivity index (χ1) is 47.7. The van der Waals surface area contributed by atoms with Crippen molar-refractivity contribution in [3.05, 3.63) is 109 Å². The Bertz CT molecular complexity index is 2290. The molecule has 3 N–H and O–H groups in total. The van der Waals surface area contributed by atoms with Crippen molar-refractivity contribution >= 4 is 39.5 Å². The number of aliphatic hydroxyl groups excluding tert-OH is 1. The number of esters is 4. The zero-order valence-electron chi connectivity index (χ0n) is 61.4. The van der Waals surface area contributed by atoms with Gasteiger partial charge in [0.15, 0.2) is 12.2 Å². The number of ether oxygens (including phenoxy) is 4. The lowest BCUT2D eigenvalue weighted by atomic mass is 10.1. The molecule has 0 radical (unpaired) electrons. The Morgan fingerprint density at radius 1 is 0.296 bits per heavy atom. The van der Waals surface area contributed by atoms with Gasteiger partial charge in [-0.05, 0) is 141 Å². The van der Waals surface area contributed by atoms with Crippen LogP contribution in [-0.4, -0.2) is 96.7 Å². The van der Waals surface area contributed by atoms with Gasteiger partial charge in [0, 0.05) is 25.7 Å². The average Bonchev–Trinajstić information content (AvgIpc) is 0.992. The van der Waals surface area contributed by atoms with Gasteiger partial charge < -0.3 is 33.8 Å². The minimum atomic E-state index is -4.98. The summed E-state index contributed by atoms with van der Waals surface area (Å²) >= 11 is 0. The van der Waals surface area contributed by atoms with Crippen molar-refractivity contribution in [3.8, 4) is 0 Å². The van der Waals surface area contributed by atoms with Gasteiger partial charge in [0.2, 0.25) is 0 Å². The van der Waals surface area contributed by atoms with Crippen molar-refractivity contribution in [2.24, 2.45) is 0 Å². The topological polar surface area (TPSA) is 237 Å². The van der Waals surface area contributed by atoms with Crippen LogP contribution in [0.25, 0.3) is 0 Å². The normalized spacial score (nSPS) is 14.6. The lowest BCUT2D eigenvalue weighted by Gasteiger charge is -2.21. The Labute approximate surface area is 594 Å². The van der Waals surface area contributed by atoms with Gasteiger partial charge in [-0.25, -0.2) is 9.13 Å². The van der Waals surface area contributed by atoms with Gasteiger partial charge in [0.05, 0.1) is 26.4 Å². The molecule has 0 saturated carbocycles. The number of allylic oxidation sites excluding steroid dienone is 18. The third-order valence-electron chi connectivity index (χ3n) is 15.7. The minimum Gasteiger partial charge on any atom is -0.462 e. The molecule has 0 aromatic rings. The molecule has 0 bridgehead atoms. The molecule has 0 fully saturated rings. The number of hydrogen-bond acceptors (Lipinski definition) is 15. The maximum atomic E-state index is 13.1. The standard InChI is InChI=1S/C79H136O17P2/c1-5-9-13-17-21-25-29-32-34-35-36-37-39-41-45-48-52-56-60-64-77(82)90-70-75(96-79(84)66-62-58-54-50-46-42-38-33-30-26-22-18-14-10-6-2)72-94-98(87,88)92-68-73(80)67-91-97(85,86)93-71-74(95-78(83)65-61-57-53-49-43-28-24-20-16-12-8-4)69-89-76(81)63-59-55-51-47-44-40-31-27-23-19-15-11-7-3/h9-10,13-14,20-22,24-27,31-34,36-38,73-75,80H,5-8,11-12,15-19,23,28-30,35,39-72H2,1-4H3,(H,85,86)(H,87,88)/b13-9-,14-10-,24-20-,25-21-,26-22-,31-27-,34-32-,37-36-,38-33-. The van der Waals surface area contributed by atoms with Crippen LogP contribution < -0.4 is 0 Å². The predicted molar refractivity (Wildman–Crippen MR) is 399 cm³/mol. The van der Waals surface area contributed by atoms with Crippen LogP contribution in [0.2, 0.25) is 0 Å². The van der Waals surface area contributed by atoms with Crippen LogP contribution in [0.1, 0.15) is 310 Å². The summed E-state index contributed by atoms with van der Waals surface area (Å²) in [5, 5.41) is 10.6. The van der Waals surface area contributed by atoms with Crippen LogP contribution >= 0.6 is 15.6 Å². The fourth-order valence-corrected chi connectivity index (χ4v) is 11.5. The van der Waals surface area contributed by atoms with E-state index in [2.05, 4.69) is 137 Å². The Kier molecular flexibility index (Phi) is 68.0. The lowest BCUT2D eigenvalue weighted by molar-refractivity contribution is -0.161. The predicted octanol–water partition coefficient (Wildman–Crippen LogP) is 21.8. The lowest BCUT2D eigenvalue weighted by Crippen LogP contribution is -2.30. The van der Waals surface area contributed by atoms with Gasteiger partial charge >= 0.3 is 39.5 Å². The summed E-state index contributed by atoms with van der Waals surface area (Å²) in [5.41, 5.74) is 0. The van der Waals surface area contributed by atoms with Crippen molar-refractivity contribution in [1.29, 1.82) is 0 Å². The maximum absolute atomic E-state index is 13.1. The van der Waals surface area contributed by atoms with Crippen molar-refractivity contribution in [3.63, 3.8) is 0 Å². The Balaban J connectivity index is 5.35. The van der Waals surface area contributed by atoms with E-state index in [9.17, 15) is 43.2 Å². The largest absolute Gasteiger partial charge is 0.472 e. The van der Waals surface area contributed by atoms with E-state index in [4.69, 9.17) is 37.0 Å². The van der Waals surface area contributed by atoms with Crippen molar-refractivity contribution < 1.29 is 80.2 Å². The number of hydrogen-bond donors (Lipinski definition) is 3. The summed E-state index contributed by atoms with van der Waals surface area (Å²) in [7, 11) is -9.96. The maximum Gasteiger partial charge on any atom is 0.472 e. The summed E-state index contributed by atoms with van der Waals surface area (Å²) in [5.74, 6) is -2.22. The molecule has 0 heterocycles. The van der Waals surface area contributed by atoms with Crippen molar-refractivity contribution in [1.82, 2.24) is 0 Å². The number of carbonyl (C=O) groups is 4. The van der Waals surface area contributed by atoms with Crippen LogP contribution in [-0.2, 0) is 65.4 Å². The van der Waals surface area contributed by atoms with Gasteiger partial charge in [-0.2, -0.15) is 0 Å². The van der Waals surface area contributed by atoms with E-state index in [-0.39, 0.29) is 25.7 Å². The Morgan fingerprint density at radius 3 is 0.857 bits per heavy atom. The monoisotopic (exact) mass is 1420 g/mol. The first kappa shape index (κ1) is 93.7. The first-order valence-electron chi connectivity index (χ1n) is 38.1. The minimum absolute atomic E-state index is 0.0704. The Hall–Kier alpha value is -4.28. The molecule has 0 spiro atoms. The molecule has 0 saturated heterocycles. The fourth-order valence-electron chi connectivity index (χ4n) is 9.91. The highest BCUT2D eigenvalue weighted by Gasteiger charge is 2.30. The van der Waals surface area contributed by atoms with E-state index in [1.807, 2.05) is 0 Å². The summed E-state index contributed by atoms with van der Waals surface area (Å²) in [6.07, 6.45) is 75.1. The molecule has 564 valence electrons. The third-order valence-corrected chi connectivity index (χ3v) is 17.6. The molecule has 0 rings (SSSR count). The van der Waals surface area contributed by atoms with Crippen molar-refractivity contribution in [2.45, 2.75) is 329 Å². The molecule has 0 aliphatic rings. The second-order valence-corrected chi connectivity index (χ2v) is 28.1. The number of phosphoric ester groups is 2. The number of unbranched alkanes of at least 4 members (excludes halogenated alkanes) is 27. The number of aliphatic hydroxyl groups is 1. The highest BCUT2D eigenvalue weighted by atomic mass is 31.2. The van der Waals surface area contributed by atoms with E-state index in [1.165, 1.54) is 38.5 Å². The van der Waals surface area contributed by atoms with E-state index in [1.54, 1.807) is 0 Å². The summed E-state index contributed by atoms with van der Waals surface area (Å²) in [6.45, 7) is 4.55. The number of carbonyl (C=O) groups excluding carboxylic acids is 4. The Morgan fingerprint density at radius 2 is 0.541 bits per heavy atom. The molecule has 5 unspecified atom stereocenters. The van der Waals surface area contributed by atoms with Gasteiger partial charge in [0.25, 0.3) is 0 Å². The molecule has 0 amide bonds. The second-order valence-electron chi connectivity index (χ2n) is 25.2. The summed E-state index contributed by atoms with van der Waals surface area (Å²) < 4.78 is 68.4. The van der Waals surface area contributed by atoms with Gasteiger partial charge in [-0.15, -0.1) is 0 Å². The molecular weight excluding hydrogens is 1280 g/mol. The molecule has 0 aliphatic heterocycles. The fraction of sp³-hybridized carbons (Fsp3) is 0.722. The van der Waals surface area contributed by atoms with Gasteiger partial charge in [-0.3, -0.25) is 37.3 Å². The second kappa shape index (κ2) is 71.1. The zero-order valence-corrected chi connectivity index (χ0v) is 63.2. The first-order valence-corrected chi connectivity index (χ1v) is 41.1.